The van der Waals surface area contributed by atoms with Crippen LogP contribution in [0.5, 0.6) is 0 Å². The molecule has 0 radical (unpaired) electrons. The molecule has 1 aromatic carbocycles. The summed E-state index contributed by atoms with van der Waals surface area (Å²) in [4.78, 5) is 9.40. The van der Waals surface area contributed by atoms with Crippen LogP contribution in [0.1, 0.15) is 37.4 Å². The van der Waals surface area contributed by atoms with Crippen LogP contribution < -0.4 is 10.6 Å². The largest absolute Gasteiger partial charge is 0.357 e. The van der Waals surface area contributed by atoms with E-state index in [4.69, 9.17) is 0 Å². The third-order valence-electron chi connectivity index (χ3n) is 3.64. The van der Waals surface area contributed by atoms with Gasteiger partial charge in [-0.05, 0) is 25.0 Å². The number of hydrogen-bond acceptors (Lipinski definition) is 5. The van der Waals surface area contributed by atoms with Crippen molar-refractivity contribution >= 4 is 27.1 Å². The standard InChI is InChI=1S/C18H26N4O2S2/c1-4-19-18(21-12-17-22-16(13-25-17)14(2)3)20-10-11-26(23,24)15-8-6-5-7-9-15/h5-9,13-14H,4,10-12H2,1-3H3,(H2,19,20,21). The Hall–Kier alpha value is -1.93. The zero-order valence-electron chi connectivity index (χ0n) is 15.4. The zero-order chi connectivity index (χ0) is 19.0. The van der Waals surface area contributed by atoms with Gasteiger partial charge in [-0.2, -0.15) is 0 Å². The molecule has 0 aliphatic rings. The Morgan fingerprint density at radius 1 is 1.23 bits per heavy atom. The van der Waals surface area contributed by atoms with Crippen LogP contribution >= 0.6 is 11.3 Å². The lowest BCUT2D eigenvalue weighted by atomic mass is 10.2. The van der Waals surface area contributed by atoms with Crippen LogP contribution in [-0.2, 0) is 16.4 Å². The van der Waals surface area contributed by atoms with E-state index in [0.717, 1.165) is 10.7 Å². The monoisotopic (exact) mass is 394 g/mol. The lowest BCUT2D eigenvalue weighted by molar-refractivity contribution is 0.594. The molecule has 142 valence electrons. The van der Waals surface area contributed by atoms with Gasteiger partial charge in [-0.1, -0.05) is 32.0 Å². The molecule has 1 aromatic heterocycles. The Morgan fingerprint density at radius 3 is 2.58 bits per heavy atom. The van der Waals surface area contributed by atoms with E-state index >= 15 is 0 Å². The van der Waals surface area contributed by atoms with Crippen molar-refractivity contribution in [3.8, 4) is 0 Å². The van der Waals surface area contributed by atoms with Crippen molar-refractivity contribution < 1.29 is 8.42 Å². The van der Waals surface area contributed by atoms with Gasteiger partial charge >= 0.3 is 0 Å². The first-order valence-corrected chi connectivity index (χ1v) is 11.2. The summed E-state index contributed by atoms with van der Waals surface area (Å²) in [6, 6.07) is 8.49. The molecule has 2 aromatic rings. The second kappa shape index (κ2) is 9.68. The molecule has 0 bridgehead atoms. The molecule has 0 atom stereocenters. The highest BCUT2D eigenvalue weighted by atomic mass is 32.2. The van der Waals surface area contributed by atoms with Crippen LogP contribution in [0.2, 0.25) is 0 Å². The zero-order valence-corrected chi connectivity index (χ0v) is 17.0. The molecule has 0 unspecified atom stereocenters. The molecule has 1 heterocycles. The molecule has 0 spiro atoms. The van der Waals surface area contributed by atoms with E-state index in [1.54, 1.807) is 41.7 Å². The lowest BCUT2D eigenvalue weighted by Crippen LogP contribution is -2.39. The fourth-order valence-corrected chi connectivity index (χ4v) is 4.26. The Labute approximate surface area is 159 Å². The summed E-state index contributed by atoms with van der Waals surface area (Å²) in [5, 5.41) is 9.22. The Morgan fingerprint density at radius 2 is 1.96 bits per heavy atom. The fraction of sp³-hybridized carbons (Fsp3) is 0.444. The smallest absolute Gasteiger partial charge is 0.191 e. The van der Waals surface area contributed by atoms with Gasteiger partial charge < -0.3 is 10.6 Å². The van der Waals surface area contributed by atoms with E-state index in [1.807, 2.05) is 6.92 Å². The molecule has 0 aliphatic carbocycles. The third kappa shape index (κ3) is 6.10. The van der Waals surface area contributed by atoms with Crippen molar-refractivity contribution in [2.75, 3.05) is 18.8 Å². The molecular weight excluding hydrogens is 368 g/mol. The maximum atomic E-state index is 12.3. The highest BCUT2D eigenvalue weighted by Gasteiger charge is 2.13. The maximum Gasteiger partial charge on any atom is 0.191 e. The summed E-state index contributed by atoms with van der Waals surface area (Å²) < 4.78 is 24.6. The number of nitrogens with one attached hydrogen (secondary N) is 2. The van der Waals surface area contributed by atoms with Crippen LogP contribution in [0.3, 0.4) is 0 Å². The summed E-state index contributed by atoms with van der Waals surface area (Å²) in [7, 11) is -3.30. The van der Waals surface area contributed by atoms with E-state index in [2.05, 4.69) is 39.8 Å². The number of aliphatic imine (C=N–C) groups is 1. The number of aromatic nitrogens is 1. The van der Waals surface area contributed by atoms with Crippen LogP contribution in [0, 0.1) is 0 Å². The number of sulfone groups is 1. The van der Waals surface area contributed by atoms with Gasteiger partial charge in [0, 0.05) is 18.5 Å². The van der Waals surface area contributed by atoms with Gasteiger partial charge in [-0.3, -0.25) is 0 Å². The van der Waals surface area contributed by atoms with Crippen LogP contribution in [0.4, 0.5) is 0 Å². The lowest BCUT2D eigenvalue weighted by Gasteiger charge is -2.11. The summed E-state index contributed by atoms with van der Waals surface area (Å²) in [5.74, 6) is 1.01. The Balaban J connectivity index is 1.92. The van der Waals surface area contributed by atoms with Crippen molar-refractivity contribution in [1.29, 1.82) is 0 Å². The van der Waals surface area contributed by atoms with Crippen molar-refractivity contribution in [2.45, 2.75) is 38.1 Å². The first kappa shape index (κ1) is 20.4. The number of guanidine groups is 1. The Kier molecular flexibility index (Phi) is 7.59. The molecule has 2 N–H and O–H groups in total. The minimum absolute atomic E-state index is 0.0101. The fourth-order valence-electron chi connectivity index (χ4n) is 2.20. The number of benzene rings is 1. The number of rotatable bonds is 8. The molecule has 2 rings (SSSR count). The van der Waals surface area contributed by atoms with Gasteiger partial charge in [0.25, 0.3) is 0 Å². The highest BCUT2D eigenvalue weighted by molar-refractivity contribution is 7.91. The average Bonchev–Trinajstić information content (AvgIpc) is 3.10. The Bertz CT molecular complexity index is 815. The maximum absolute atomic E-state index is 12.3. The van der Waals surface area contributed by atoms with E-state index in [-0.39, 0.29) is 12.3 Å². The van der Waals surface area contributed by atoms with Gasteiger partial charge in [-0.25, -0.2) is 18.4 Å². The summed E-state index contributed by atoms with van der Waals surface area (Å²) in [6.45, 7) is 7.66. The van der Waals surface area contributed by atoms with Crippen LogP contribution in [0.25, 0.3) is 0 Å². The van der Waals surface area contributed by atoms with Gasteiger partial charge in [-0.15, -0.1) is 11.3 Å². The van der Waals surface area contributed by atoms with Crippen LogP contribution in [0.15, 0.2) is 45.6 Å². The molecule has 0 fully saturated rings. The summed E-state index contributed by atoms with van der Waals surface area (Å²) in [6.07, 6.45) is 0. The third-order valence-corrected chi connectivity index (χ3v) is 6.23. The molecular formula is C18H26N4O2S2. The molecule has 6 nitrogen and oxygen atoms in total. The molecule has 26 heavy (non-hydrogen) atoms. The van der Waals surface area contributed by atoms with Gasteiger partial charge in [0.15, 0.2) is 15.8 Å². The number of thiazole rings is 1. The number of nitrogens with zero attached hydrogens (tertiary/aromatic N) is 2. The SMILES string of the molecule is CCNC(=NCc1nc(C(C)C)cs1)NCCS(=O)(=O)c1ccccc1. The van der Waals surface area contributed by atoms with Gasteiger partial charge in [0.2, 0.25) is 0 Å². The minimum Gasteiger partial charge on any atom is -0.357 e. The average molecular weight is 395 g/mol. The van der Waals surface area contributed by atoms with Gasteiger partial charge in [0.05, 0.1) is 22.9 Å². The number of hydrogen-bond donors (Lipinski definition) is 2. The van der Waals surface area contributed by atoms with Crippen molar-refractivity contribution in [2.24, 2.45) is 4.99 Å². The van der Waals surface area contributed by atoms with Crippen molar-refractivity contribution in [1.82, 2.24) is 15.6 Å². The van der Waals surface area contributed by atoms with E-state index < -0.39 is 9.84 Å². The normalized spacial score (nSPS) is 12.4. The first-order valence-electron chi connectivity index (χ1n) is 8.66. The van der Waals surface area contributed by atoms with Crippen molar-refractivity contribution in [3.63, 3.8) is 0 Å². The predicted octanol–water partition coefficient (Wildman–Crippen LogP) is 2.80. The topological polar surface area (TPSA) is 83.4 Å². The van der Waals surface area contributed by atoms with Crippen LogP contribution in [-0.4, -0.2) is 38.2 Å². The molecule has 0 saturated heterocycles. The molecule has 8 heteroatoms. The predicted molar refractivity (Wildman–Crippen MR) is 108 cm³/mol. The molecule has 0 aliphatic heterocycles. The summed E-state index contributed by atoms with van der Waals surface area (Å²) in [5.41, 5.74) is 1.08. The molecule has 0 saturated carbocycles. The quantitative estimate of drug-likeness (QED) is 0.531. The van der Waals surface area contributed by atoms with Gasteiger partial charge in [0.1, 0.15) is 5.01 Å². The highest BCUT2D eigenvalue weighted by Crippen LogP contribution is 2.18. The summed E-state index contributed by atoms with van der Waals surface area (Å²) >= 11 is 1.59. The second-order valence-electron chi connectivity index (χ2n) is 6.07. The van der Waals surface area contributed by atoms with E-state index in [9.17, 15) is 8.42 Å². The van der Waals surface area contributed by atoms with Crippen molar-refractivity contribution in [3.05, 3.63) is 46.4 Å². The van der Waals surface area contributed by atoms with E-state index in [0.29, 0.717) is 29.9 Å². The minimum atomic E-state index is -3.30. The second-order valence-corrected chi connectivity index (χ2v) is 9.13. The van der Waals surface area contributed by atoms with E-state index in [1.165, 1.54) is 0 Å². The molecule has 0 amide bonds. The first-order chi connectivity index (χ1) is 12.4.